The van der Waals surface area contributed by atoms with Crippen molar-refractivity contribution in [3.05, 3.63) is 57.8 Å². The molecule has 3 heterocycles. The number of likely N-dealkylation sites (tertiary alicyclic amines) is 1. The number of benzene rings is 1. The van der Waals surface area contributed by atoms with Crippen LogP contribution < -0.4 is 0 Å². The van der Waals surface area contributed by atoms with Crippen molar-refractivity contribution in [3.63, 3.8) is 0 Å². The Bertz CT molecular complexity index is 805. The van der Waals surface area contributed by atoms with Crippen molar-refractivity contribution < 1.29 is 14.3 Å². The van der Waals surface area contributed by atoms with Gasteiger partial charge in [-0.2, -0.15) is 0 Å². The van der Waals surface area contributed by atoms with Crippen LogP contribution in [-0.2, 0) is 27.2 Å². The van der Waals surface area contributed by atoms with Gasteiger partial charge in [0.15, 0.2) is 0 Å². The summed E-state index contributed by atoms with van der Waals surface area (Å²) >= 11 is 1.89. The highest BCUT2D eigenvalue weighted by molar-refractivity contribution is 7.12. The Morgan fingerprint density at radius 3 is 2.67 bits per heavy atom. The predicted molar refractivity (Wildman–Crippen MR) is 121 cm³/mol. The fraction of sp³-hybridized carbons (Fsp3) is 0.560. The van der Waals surface area contributed by atoms with Crippen molar-refractivity contribution in [2.45, 2.75) is 58.1 Å². The maximum absolute atomic E-state index is 12.9. The maximum atomic E-state index is 12.9. The molecular weight excluding hydrogens is 394 g/mol. The highest BCUT2D eigenvalue weighted by Gasteiger charge is 2.42. The number of rotatable bonds is 7. The van der Waals surface area contributed by atoms with E-state index in [9.17, 15) is 4.79 Å². The molecular formula is C25H33NO3S. The molecule has 1 aromatic carbocycles. The molecule has 30 heavy (non-hydrogen) atoms. The van der Waals surface area contributed by atoms with Crippen LogP contribution in [0.1, 0.15) is 60.4 Å². The third kappa shape index (κ3) is 5.13. The molecule has 0 aliphatic carbocycles. The fourth-order valence-electron chi connectivity index (χ4n) is 4.70. The number of carbonyl (C=O) groups is 1. The second-order valence-electron chi connectivity index (χ2n) is 8.60. The Balaban J connectivity index is 1.38. The van der Waals surface area contributed by atoms with Crippen LogP contribution in [0.2, 0.25) is 0 Å². The summed E-state index contributed by atoms with van der Waals surface area (Å²) in [7, 11) is 0. The van der Waals surface area contributed by atoms with Crippen LogP contribution in [0.15, 0.2) is 42.5 Å². The van der Waals surface area contributed by atoms with Crippen molar-refractivity contribution in [1.29, 1.82) is 0 Å². The normalized spacial score (nSPS) is 22.0. The first-order valence-electron chi connectivity index (χ1n) is 11.3. The average molecular weight is 428 g/mol. The number of esters is 1. The fourth-order valence-corrected chi connectivity index (χ4v) is 5.84. The highest BCUT2D eigenvalue weighted by atomic mass is 32.1. The average Bonchev–Trinajstić information content (AvgIpc) is 3.25. The van der Waals surface area contributed by atoms with Crippen LogP contribution >= 0.6 is 11.3 Å². The Hall–Kier alpha value is -1.69. The van der Waals surface area contributed by atoms with E-state index in [4.69, 9.17) is 9.47 Å². The van der Waals surface area contributed by atoms with E-state index < -0.39 is 5.41 Å². The molecule has 0 radical (unpaired) electrons. The molecule has 0 spiro atoms. The molecule has 2 saturated heterocycles. The molecule has 2 aliphatic rings. The lowest BCUT2D eigenvalue weighted by Crippen LogP contribution is -2.46. The van der Waals surface area contributed by atoms with Crippen molar-refractivity contribution in [2.24, 2.45) is 5.41 Å². The smallest absolute Gasteiger partial charge is 0.312 e. The zero-order valence-electron chi connectivity index (χ0n) is 18.0. The summed E-state index contributed by atoms with van der Waals surface area (Å²) in [4.78, 5) is 18.2. The Morgan fingerprint density at radius 2 is 1.97 bits per heavy atom. The third-order valence-corrected chi connectivity index (χ3v) is 7.63. The number of ether oxygens (including phenoxy) is 2. The number of thiophene rings is 1. The van der Waals surface area contributed by atoms with Crippen molar-refractivity contribution in [2.75, 3.05) is 26.3 Å². The molecule has 2 aliphatic heterocycles. The first-order valence-corrected chi connectivity index (χ1v) is 12.1. The second-order valence-corrected chi connectivity index (χ2v) is 9.80. The summed E-state index contributed by atoms with van der Waals surface area (Å²) in [6, 6.07) is 14.9. The summed E-state index contributed by atoms with van der Waals surface area (Å²) in [5.41, 5.74) is 0.819. The lowest BCUT2D eigenvalue weighted by molar-refractivity contribution is -0.158. The molecule has 0 bridgehead atoms. The van der Waals surface area contributed by atoms with E-state index in [1.807, 2.05) is 36.5 Å². The van der Waals surface area contributed by atoms with Crippen molar-refractivity contribution in [1.82, 2.24) is 4.90 Å². The number of carbonyl (C=O) groups excluding carboxylic acids is 1. The zero-order chi connectivity index (χ0) is 20.8. The lowest BCUT2D eigenvalue weighted by Gasteiger charge is -2.40. The van der Waals surface area contributed by atoms with Crippen LogP contribution in [0.25, 0.3) is 0 Å². The molecule has 2 fully saturated rings. The standard InChI is InChI=1S/C25H33NO3S/c1-2-28-24(27)25(18-20-8-4-3-5-9-20)13-15-26(16-14-25)19-21-11-12-23(30-21)22-10-6-7-17-29-22/h3-5,8-9,11-12,22H,2,6-7,10,13-19H2,1H3/t22-/m1/s1. The minimum Gasteiger partial charge on any atom is -0.466 e. The van der Waals surface area contributed by atoms with Gasteiger partial charge in [-0.3, -0.25) is 9.69 Å². The molecule has 5 heteroatoms. The van der Waals surface area contributed by atoms with E-state index in [0.29, 0.717) is 12.7 Å². The quantitative estimate of drug-likeness (QED) is 0.556. The molecule has 0 amide bonds. The van der Waals surface area contributed by atoms with E-state index >= 15 is 0 Å². The van der Waals surface area contributed by atoms with Gasteiger partial charge in [0.2, 0.25) is 0 Å². The van der Waals surface area contributed by atoms with Gasteiger partial charge in [0.05, 0.1) is 18.1 Å². The molecule has 1 aromatic heterocycles. The first kappa shape index (κ1) is 21.5. The van der Waals surface area contributed by atoms with Gasteiger partial charge in [0.25, 0.3) is 0 Å². The predicted octanol–water partition coefficient (Wildman–Crippen LogP) is 5.38. The van der Waals surface area contributed by atoms with Crippen LogP contribution in [0.4, 0.5) is 0 Å². The molecule has 0 N–H and O–H groups in total. The van der Waals surface area contributed by atoms with Gasteiger partial charge in [0, 0.05) is 22.9 Å². The van der Waals surface area contributed by atoms with Gasteiger partial charge in [-0.15, -0.1) is 11.3 Å². The van der Waals surface area contributed by atoms with E-state index in [1.165, 1.54) is 28.2 Å². The van der Waals surface area contributed by atoms with Gasteiger partial charge in [0.1, 0.15) is 0 Å². The van der Waals surface area contributed by atoms with Gasteiger partial charge < -0.3 is 9.47 Å². The maximum Gasteiger partial charge on any atom is 0.312 e. The minimum absolute atomic E-state index is 0.0265. The summed E-state index contributed by atoms with van der Waals surface area (Å²) < 4.78 is 11.5. The summed E-state index contributed by atoms with van der Waals surface area (Å²) in [6.45, 7) is 6.05. The largest absolute Gasteiger partial charge is 0.466 e. The number of nitrogens with zero attached hydrogens (tertiary/aromatic N) is 1. The number of piperidine rings is 1. The highest BCUT2D eigenvalue weighted by Crippen LogP contribution is 2.38. The lowest BCUT2D eigenvalue weighted by atomic mass is 9.73. The Kier molecular flexibility index (Phi) is 7.24. The molecule has 0 saturated carbocycles. The van der Waals surface area contributed by atoms with E-state index in [1.54, 1.807) is 0 Å². The molecule has 2 aromatic rings. The summed E-state index contributed by atoms with van der Waals surface area (Å²) in [5, 5.41) is 0. The van der Waals surface area contributed by atoms with Gasteiger partial charge in [-0.05, 0) is 76.2 Å². The zero-order valence-corrected chi connectivity index (χ0v) is 18.8. The first-order chi connectivity index (χ1) is 14.7. The minimum atomic E-state index is -0.398. The van der Waals surface area contributed by atoms with Gasteiger partial charge in [-0.1, -0.05) is 30.3 Å². The van der Waals surface area contributed by atoms with Crippen molar-refractivity contribution in [3.8, 4) is 0 Å². The molecule has 162 valence electrons. The summed E-state index contributed by atoms with van der Waals surface area (Å²) in [6.07, 6.45) is 6.36. The molecule has 4 rings (SSSR count). The van der Waals surface area contributed by atoms with Crippen molar-refractivity contribution >= 4 is 17.3 Å². The number of hydrogen-bond donors (Lipinski definition) is 0. The topological polar surface area (TPSA) is 38.8 Å². The van der Waals surface area contributed by atoms with Gasteiger partial charge in [-0.25, -0.2) is 0 Å². The van der Waals surface area contributed by atoms with Gasteiger partial charge >= 0.3 is 5.97 Å². The van der Waals surface area contributed by atoms with E-state index in [-0.39, 0.29) is 5.97 Å². The second kappa shape index (κ2) is 10.1. The summed E-state index contributed by atoms with van der Waals surface area (Å²) in [5.74, 6) is -0.0265. The third-order valence-electron chi connectivity index (χ3n) is 6.47. The van der Waals surface area contributed by atoms with Crippen LogP contribution in [-0.4, -0.2) is 37.2 Å². The van der Waals surface area contributed by atoms with Crippen LogP contribution in [0.3, 0.4) is 0 Å². The number of hydrogen-bond acceptors (Lipinski definition) is 5. The molecule has 0 unspecified atom stereocenters. The van der Waals surface area contributed by atoms with Crippen LogP contribution in [0, 0.1) is 5.41 Å². The van der Waals surface area contributed by atoms with E-state index in [0.717, 1.165) is 51.9 Å². The Morgan fingerprint density at radius 1 is 1.17 bits per heavy atom. The van der Waals surface area contributed by atoms with E-state index in [2.05, 4.69) is 29.2 Å². The monoisotopic (exact) mass is 427 g/mol. The molecule has 4 nitrogen and oxygen atoms in total. The Labute approximate surface area is 184 Å². The molecule has 1 atom stereocenters. The van der Waals surface area contributed by atoms with Crippen LogP contribution in [0.5, 0.6) is 0 Å². The SMILES string of the molecule is CCOC(=O)C1(Cc2ccccc2)CCN(Cc2ccc([C@H]3CCCCO3)s2)CC1.